The molecule has 0 unspecified atom stereocenters. The average Bonchev–Trinajstić information content (AvgIpc) is 3.09. The normalized spacial score (nSPS) is 11.1. The fourth-order valence-corrected chi connectivity index (χ4v) is 5.31. The Morgan fingerprint density at radius 1 is 1.10 bits per heavy atom. The predicted octanol–water partition coefficient (Wildman–Crippen LogP) is 6.56. The van der Waals surface area contributed by atoms with Crippen LogP contribution in [0.3, 0.4) is 0 Å². The zero-order valence-electron chi connectivity index (χ0n) is 16.5. The fourth-order valence-electron chi connectivity index (χ4n) is 3.21. The summed E-state index contributed by atoms with van der Waals surface area (Å²) in [6, 6.07) is 17.4. The first kappa shape index (κ1) is 21.0. The van der Waals surface area contributed by atoms with Crippen LogP contribution in [0, 0.1) is 6.92 Å². The van der Waals surface area contributed by atoms with Crippen molar-refractivity contribution in [2.45, 2.75) is 24.9 Å². The SMILES string of the molecule is Cc1sc2nc(SCCCCOc3ccc(Cl)cc3)[nH]c(=O)c2c1-c1ccccc1. The van der Waals surface area contributed by atoms with Crippen molar-refractivity contribution in [3.63, 3.8) is 0 Å². The van der Waals surface area contributed by atoms with E-state index in [0.29, 0.717) is 22.2 Å². The second-order valence-corrected chi connectivity index (χ2v) is 9.53. The average molecular weight is 457 g/mol. The number of fused-ring (bicyclic) bond motifs is 1. The third-order valence-electron chi connectivity index (χ3n) is 4.64. The molecule has 0 bridgehead atoms. The Kier molecular flexibility index (Phi) is 6.77. The highest BCUT2D eigenvalue weighted by Crippen LogP contribution is 2.35. The number of nitrogens with zero attached hydrogens (tertiary/aromatic N) is 1. The molecule has 0 saturated heterocycles. The van der Waals surface area contributed by atoms with E-state index < -0.39 is 0 Å². The van der Waals surface area contributed by atoms with Crippen LogP contribution >= 0.6 is 34.7 Å². The molecular weight excluding hydrogens is 436 g/mol. The molecule has 2 heterocycles. The van der Waals surface area contributed by atoms with Crippen LogP contribution in [-0.4, -0.2) is 22.3 Å². The van der Waals surface area contributed by atoms with Crippen molar-refractivity contribution in [2.75, 3.05) is 12.4 Å². The van der Waals surface area contributed by atoms with Gasteiger partial charge in [-0.3, -0.25) is 4.79 Å². The highest BCUT2D eigenvalue weighted by molar-refractivity contribution is 7.99. The first-order chi connectivity index (χ1) is 14.6. The van der Waals surface area contributed by atoms with Gasteiger partial charge in [0.2, 0.25) is 0 Å². The number of hydrogen-bond donors (Lipinski definition) is 1. The van der Waals surface area contributed by atoms with Gasteiger partial charge in [-0.2, -0.15) is 0 Å². The number of nitrogens with one attached hydrogen (secondary N) is 1. The summed E-state index contributed by atoms with van der Waals surface area (Å²) >= 11 is 9.02. The number of H-pyrrole nitrogens is 1. The number of ether oxygens (including phenoxy) is 1. The zero-order chi connectivity index (χ0) is 20.9. The Balaban J connectivity index is 1.36. The lowest BCUT2D eigenvalue weighted by atomic mass is 10.0. The number of unbranched alkanes of at least 4 members (excludes halogenated alkanes) is 1. The Morgan fingerprint density at radius 2 is 1.87 bits per heavy atom. The number of halogens is 1. The van der Waals surface area contributed by atoms with Crippen LogP contribution in [-0.2, 0) is 0 Å². The molecule has 4 aromatic rings. The van der Waals surface area contributed by atoms with E-state index in [1.807, 2.05) is 61.5 Å². The monoisotopic (exact) mass is 456 g/mol. The Bertz CT molecular complexity index is 1190. The van der Waals surface area contributed by atoms with Gasteiger partial charge in [0.15, 0.2) is 5.16 Å². The highest BCUT2D eigenvalue weighted by atomic mass is 35.5. The molecule has 0 amide bonds. The summed E-state index contributed by atoms with van der Waals surface area (Å²) in [6.45, 7) is 2.69. The van der Waals surface area contributed by atoms with Crippen molar-refractivity contribution in [1.82, 2.24) is 9.97 Å². The van der Waals surface area contributed by atoms with Crippen molar-refractivity contribution in [3.8, 4) is 16.9 Å². The molecule has 30 heavy (non-hydrogen) atoms. The summed E-state index contributed by atoms with van der Waals surface area (Å²) in [5.74, 6) is 1.69. The number of benzene rings is 2. The minimum absolute atomic E-state index is 0.0724. The first-order valence-corrected chi connectivity index (χ1v) is 11.9. The number of thiophene rings is 1. The maximum Gasteiger partial charge on any atom is 0.260 e. The number of aryl methyl sites for hydroxylation is 1. The molecule has 1 N–H and O–H groups in total. The van der Waals surface area contributed by atoms with Gasteiger partial charge in [0.1, 0.15) is 10.6 Å². The van der Waals surface area contributed by atoms with Crippen LogP contribution in [0.25, 0.3) is 21.3 Å². The van der Waals surface area contributed by atoms with E-state index in [4.69, 9.17) is 21.3 Å². The van der Waals surface area contributed by atoms with Crippen molar-refractivity contribution >= 4 is 44.9 Å². The maximum atomic E-state index is 12.8. The van der Waals surface area contributed by atoms with Crippen molar-refractivity contribution < 1.29 is 4.74 Å². The van der Waals surface area contributed by atoms with Crippen molar-refractivity contribution in [1.29, 1.82) is 0 Å². The molecule has 0 spiro atoms. The van der Waals surface area contributed by atoms with Crippen LogP contribution in [0.5, 0.6) is 5.75 Å². The molecule has 0 aliphatic carbocycles. The van der Waals surface area contributed by atoms with Gasteiger partial charge in [-0.15, -0.1) is 11.3 Å². The molecule has 154 valence electrons. The molecule has 2 aromatic carbocycles. The van der Waals surface area contributed by atoms with Gasteiger partial charge in [0.05, 0.1) is 12.0 Å². The Hall–Kier alpha value is -2.28. The van der Waals surface area contributed by atoms with E-state index in [2.05, 4.69) is 4.98 Å². The zero-order valence-corrected chi connectivity index (χ0v) is 18.9. The summed E-state index contributed by atoms with van der Waals surface area (Å²) in [5, 5.41) is 2.06. The number of aromatic nitrogens is 2. The molecule has 0 saturated carbocycles. The summed E-state index contributed by atoms with van der Waals surface area (Å²) in [6.07, 6.45) is 1.90. The second kappa shape index (κ2) is 9.69. The van der Waals surface area contributed by atoms with Gasteiger partial charge in [-0.05, 0) is 49.6 Å². The Labute approximate surface area is 188 Å². The van der Waals surface area contributed by atoms with E-state index in [-0.39, 0.29) is 5.56 Å². The summed E-state index contributed by atoms with van der Waals surface area (Å²) in [4.78, 5) is 22.3. The van der Waals surface area contributed by atoms with Crippen LogP contribution in [0.2, 0.25) is 5.02 Å². The lowest BCUT2D eigenvalue weighted by Crippen LogP contribution is -2.09. The van der Waals surface area contributed by atoms with Crippen molar-refractivity contribution in [3.05, 3.63) is 74.9 Å². The topological polar surface area (TPSA) is 55.0 Å². The highest BCUT2D eigenvalue weighted by Gasteiger charge is 2.16. The first-order valence-electron chi connectivity index (χ1n) is 9.72. The van der Waals surface area contributed by atoms with E-state index >= 15 is 0 Å². The van der Waals surface area contributed by atoms with E-state index in [1.165, 1.54) is 0 Å². The maximum absolute atomic E-state index is 12.8. The molecule has 4 rings (SSSR count). The standard InChI is InChI=1S/C23H21ClN2O2S2/c1-15-19(16-7-3-2-4-8-16)20-21(27)25-23(26-22(20)30-15)29-14-6-5-13-28-18-11-9-17(24)10-12-18/h2-4,7-12H,5-6,13-14H2,1H3,(H,25,26,27). The van der Waals surface area contributed by atoms with Crippen LogP contribution < -0.4 is 10.3 Å². The van der Waals surface area contributed by atoms with Gasteiger partial charge in [0, 0.05) is 21.2 Å². The lowest BCUT2D eigenvalue weighted by molar-refractivity contribution is 0.310. The van der Waals surface area contributed by atoms with E-state index in [1.54, 1.807) is 23.1 Å². The molecule has 2 aromatic heterocycles. The quantitative estimate of drug-likeness (QED) is 0.185. The van der Waals surface area contributed by atoms with Gasteiger partial charge in [0.25, 0.3) is 5.56 Å². The summed E-state index contributed by atoms with van der Waals surface area (Å²) in [7, 11) is 0. The van der Waals surface area contributed by atoms with Gasteiger partial charge < -0.3 is 9.72 Å². The third-order valence-corrected chi connectivity index (χ3v) is 6.85. The fraction of sp³-hybridized carbons (Fsp3) is 0.217. The lowest BCUT2D eigenvalue weighted by Gasteiger charge is -2.06. The molecule has 0 radical (unpaired) electrons. The molecular formula is C23H21ClN2O2S2. The molecule has 4 nitrogen and oxygen atoms in total. The smallest absolute Gasteiger partial charge is 0.260 e. The Morgan fingerprint density at radius 3 is 2.63 bits per heavy atom. The number of thioether (sulfide) groups is 1. The minimum atomic E-state index is -0.0724. The van der Waals surface area contributed by atoms with Crippen molar-refractivity contribution in [2.24, 2.45) is 0 Å². The number of aromatic amines is 1. The van der Waals surface area contributed by atoms with Crippen LogP contribution in [0.4, 0.5) is 0 Å². The molecule has 0 aliphatic rings. The summed E-state index contributed by atoms with van der Waals surface area (Å²) < 4.78 is 5.71. The largest absolute Gasteiger partial charge is 0.494 e. The second-order valence-electron chi connectivity index (χ2n) is 6.81. The third kappa shape index (κ3) is 4.89. The van der Waals surface area contributed by atoms with E-state index in [9.17, 15) is 4.79 Å². The van der Waals surface area contributed by atoms with Crippen LogP contribution in [0.1, 0.15) is 17.7 Å². The minimum Gasteiger partial charge on any atom is -0.494 e. The van der Waals surface area contributed by atoms with E-state index in [0.717, 1.165) is 45.2 Å². The summed E-state index contributed by atoms with van der Waals surface area (Å²) in [5.41, 5.74) is 1.96. The van der Waals surface area contributed by atoms with Gasteiger partial charge >= 0.3 is 0 Å². The van der Waals surface area contributed by atoms with Gasteiger partial charge in [-0.25, -0.2) is 4.98 Å². The van der Waals surface area contributed by atoms with Crippen LogP contribution in [0.15, 0.2) is 64.5 Å². The number of hydrogen-bond acceptors (Lipinski definition) is 5. The molecule has 7 heteroatoms. The molecule has 0 fully saturated rings. The van der Waals surface area contributed by atoms with Gasteiger partial charge in [-0.1, -0.05) is 53.7 Å². The molecule has 0 atom stereocenters. The predicted molar refractivity (Wildman–Crippen MR) is 127 cm³/mol. The number of rotatable bonds is 8. The molecule has 0 aliphatic heterocycles.